The van der Waals surface area contributed by atoms with E-state index >= 15 is 0 Å². The minimum atomic E-state index is -1.99. The maximum absolute atomic E-state index is 13.5. The highest BCUT2D eigenvalue weighted by molar-refractivity contribution is 5.76. The van der Waals surface area contributed by atoms with Gasteiger partial charge in [-0.25, -0.2) is 0 Å². The van der Waals surface area contributed by atoms with E-state index in [0.29, 0.717) is 12.8 Å². The maximum Gasteiger partial charge on any atom is 0.220 e. The molecule has 1 amide bonds. The molecule has 0 saturated carbocycles. The molecule has 3 aliphatic heterocycles. The zero-order valence-electron chi connectivity index (χ0n) is 65.2. The number of carbonyl (C=O) groups excluding carboxylic acids is 1. The number of aliphatic hydroxyl groups excluding tert-OH is 11. The van der Waals surface area contributed by atoms with Gasteiger partial charge in [0, 0.05) is 6.42 Å². The molecule has 3 saturated heterocycles. The first-order chi connectivity index (χ1) is 51.3. The summed E-state index contributed by atoms with van der Waals surface area (Å²) in [5.74, 6) is -0.288. The molecule has 0 aromatic carbocycles. The Labute approximate surface area is 634 Å². The average molecular weight is 1490 g/mol. The smallest absolute Gasteiger partial charge is 0.220 e. The van der Waals surface area contributed by atoms with E-state index in [1.807, 2.05) is 6.08 Å². The quantitative estimate of drug-likeness (QED) is 0.0199. The fraction of sp³-hybridized carbons (Fsp3) is 0.802. The molecule has 3 fully saturated rings. The Morgan fingerprint density at radius 3 is 1.07 bits per heavy atom. The Bertz CT molecular complexity index is 2270. The summed E-state index contributed by atoms with van der Waals surface area (Å²) in [5, 5.41) is 121. The van der Waals surface area contributed by atoms with Crippen molar-refractivity contribution >= 4 is 5.91 Å². The van der Waals surface area contributed by atoms with Crippen LogP contribution in [0.2, 0.25) is 0 Å². The van der Waals surface area contributed by atoms with Gasteiger partial charge in [0.25, 0.3) is 0 Å². The van der Waals surface area contributed by atoms with Gasteiger partial charge in [-0.05, 0) is 83.5 Å². The molecule has 17 unspecified atom stereocenters. The highest BCUT2D eigenvalue weighted by Gasteiger charge is 2.54. The molecule has 608 valence electrons. The molecule has 0 spiro atoms. The van der Waals surface area contributed by atoms with Crippen molar-refractivity contribution in [1.29, 1.82) is 0 Å². The van der Waals surface area contributed by atoms with Gasteiger partial charge in [-0.15, -0.1) is 0 Å². The Hall–Kier alpha value is -3.29. The van der Waals surface area contributed by atoms with Crippen molar-refractivity contribution in [3.05, 3.63) is 97.2 Å². The van der Waals surface area contributed by atoms with Crippen molar-refractivity contribution in [2.24, 2.45) is 0 Å². The van der Waals surface area contributed by atoms with Gasteiger partial charge < -0.3 is 89.9 Å². The first-order valence-corrected chi connectivity index (χ1v) is 42.0. The van der Waals surface area contributed by atoms with Crippen LogP contribution in [0.1, 0.15) is 309 Å². The van der Waals surface area contributed by atoms with E-state index in [1.54, 1.807) is 6.08 Å². The van der Waals surface area contributed by atoms with E-state index in [0.717, 1.165) is 89.9 Å². The van der Waals surface area contributed by atoms with Crippen LogP contribution < -0.4 is 5.32 Å². The van der Waals surface area contributed by atoms with Crippen LogP contribution in [0.4, 0.5) is 0 Å². The number of unbranched alkanes of at least 4 members (excludes halogenated alkanes) is 36. The molecule has 12 N–H and O–H groups in total. The van der Waals surface area contributed by atoms with Crippen LogP contribution in [0.15, 0.2) is 97.2 Å². The van der Waals surface area contributed by atoms with E-state index < -0.39 is 124 Å². The summed E-state index contributed by atoms with van der Waals surface area (Å²) in [6.45, 7) is 1.63. The molecule has 19 heteroatoms. The highest BCUT2D eigenvalue weighted by atomic mass is 16.8. The molecule has 0 aromatic heterocycles. The number of carbonyl (C=O) groups is 1. The predicted octanol–water partition coefficient (Wildman–Crippen LogP) is 14.7. The molecule has 19 nitrogen and oxygen atoms in total. The average Bonchev–Trinajstić information content (AvgIpc) is 0.781. The second-order valence-electron chi connectivity index (χ2n) is 29.6. The van der Waals surface area contributed by atoms with Gasteiger partial charge in [0.05, 0.1) is 38.6 Å². The summed E-state index contributed by atoms with van der Waals surface area (Å²) in [6, 6.07) is -0.999. The first-order valence-electron chi connectivity index (χ1n) is 42.0. The molecule has 0 aliphatic carbocycles. The largest absolute Gasteiger partial charge is 0.394 e. The molecule has 17 atom stereocenters. The van der Waals surface area contributed by atoms with E-state index in [1.165, 1.54) is 186 Å². The molecular formula is C86H151NO18. The minimum Gasteiger partial charge on any atom is -0.394 e. The highest BCUT2D eigenvalue weighted by Crippen LogP contribution is 2.33. The minimum absolute atomic E-state index is 0.228. The third-order valence-corrected chi connectivity index (χ3v) is 20.4. The Kier molecular flexibility index (Phi) is 59.8. The second kappa shape index (κ2) is 65.4. The lowest BCUT2D eigenvalue weighted by molar-refractivity contribution is -0.379. The van der Waals surface area contributed by atoms with Crippen LogP contribution in [0.3, 0.4) is 0 Å². The van der Waals surface area contributed by atoms with Crippen LogP contribution in [0.25, 0.3) is 0 Å². The van der Waals surface area contributed by atoms with Crippen molar-refractivity contribution in [3.63, 3.8) is 0 Å². The van der Waals surface area contributed by atoms with Gasteiger partial charge >= 0.3 is 0 Å². The van der Waals surface area contributed by atoms with Gasteiger partial charge in [0.1, 0.15) is 73.2 Å². The third kappa shape index (κ3) is 45.0. The normalized spacial score (nSPS) is 26.3. The zero-order valence-corrected chi connectivity index (χ0v) is 65.2. The summed E-state index contributed by atoms with van der Waals surface area (Å²) in [6.07, 6.45) is 62.5. The molecule has 0 aromatic rings. The van der Waals surface area contributed by atoms with Gasteiger partial charge in [-0.3, -0.25) is 4.79 Å². The van der Waals surface area contributed by atoms with E-state index in [2.05, 4.69) is 104 Å². The van der Waals surface area contributed by atoms with Crippen molar-refractivity contribution in [2.45, 2.75) is 413 Å². The summed E-state index contributed by atoms with van der Waals surface area (Å²) in [7, 11) is 0. The van der Waals surface area contributed by atoms with Crippen molar-refractivity contribution in [1.82, 2.24) is 5.32 Å². The number of aliphatic hydroxyl groups is 11. The Balaban J connectivity index is 1.38. The van der Waals surface area contributed by atoms with Gasteiger partial charge in [0.15, 0.2) is 18.9 Å². The monoisotopic (exact) mass is 1490 g/mol. The zero-order chi connectivity index (χ0) is 76.0. The number of amides is 1. The van der Waals surface area contributed by atoms with Gasteiger partial charge in [-0.2, -0.15) is 0 Å². The van der Waals surface area contributed by atoms with Gasteiger partial charge in [0.2, 0.25) is 5.91 Å². The standard InChI is InChI=1S/C86H151NO18/c1-3-5-7-9-11-13-15-17-19-21-23-25-27-29-31-33-34-36-38-40-42-44-46-48-50-52-54-56-58-60-62-64-74(92)87-69(70(91)63-61-59-57-55-53-51-49-47-45-43-41-39-37-35-32-30-28-26-24-22-20-18-16-14-12-10-8-6-4-2)68-100-84-80(98)77(95)82(72(66-89)102-84)105-86-81(99)78(96)83(73(67-90)103-86)104-85-79(97)76(94)75(93)71(65-88)101-85/h5,7,11,13,17,19,23,25,29,31,34,36,53,55,61,63,69-73,75-86,88-91,93-99H,3-4,6,8-10,12,14-16,18,20-22,24,26-28,30,32-33,35,37-52,54,56-60,62,64-68H2,1-2H3,(H,87,92)/b7-5-,13-11-,19-17-,25-23-,31-29-,36-34-,55-53+,63-61+. The lowest BCUT2D eigenvalue weighted by Gasteiger charge is -2.48. The predicted molar refractivity (Wildman–Crippen MR) is 420 cm³/mol. The summed E-state index contributed by atoms with van der Waals surface area (Å²) >= 11 is 0. The number of allylic oxidation sites excluding steroid dienone is 15. The number of rotatable bonds is 66. The van der Waals surface area contributed by atoms with E-state index in [9.17, 15) is 61.0 Å². The van der Waals surface area contributed by atoms with Crippen LogP contribution in [-0.4, -0.2) is 193 Å². The van der Waals surface area contributed by atoms with Crippen molar-refractivity contribution in [3.8, 4) is 0 Å². The third-order valence-electron chi connectivity index (χ3n) is 20.4. The molecule has 0 bridgehead atoms. The van der Waals surface area contributed by atoms with Gasteiger partial charge in [-0.1, -0.05) is 317 Å². The van der Waals surface area contributed by atoms with E-state index in [-0.39, 0.29) is 18.9 Å². The molecule has 3 rings (SSSR count). The number of hydrogen-bond acceptors (Lipinski definition) is 18. The fourth-order valence-electron chi connectivity index (χ4n) is 13.7. The Morgan fingerprint density at radius 1 is 0.352 bits per heavy atom. The van der Waals surface area contributed by atoms with Crippen LogP contribution in [-0.2, 0) is 33.2 Å². The van der Waals surface area contributed by atoms with Crippen molar-refractivity contribution < 1.29 is 89.4 Å². The SMILES string of the molecule is CC/C=C\C/C=C\C/C=C\C/C=C\C/C=C\C/C=C\CCCCCCCCCCCCCCC(=O)NC(COC1OC(CO)C(OC2OC(CO)C(OC3OC(CO)C(O)C(O)C3O)C(O)C2O)C(O)C1O)C(O)/C=C/CC/C=C/CCCCCCCCCCCCCCCCCCCCCCCCC. The second-order valence-corrected chi connectivity index (χ2v) is 29.6. The summed E-state index contributed by atoms with van der Waals surface area (Å²) in [4.78, 5) is 13.5. The first kappa shape index (κ1) is 95.9. The molecule has 3 heterocycles. The number of nitrogens with one attached hydrogen (secondary N) is 1. The summed E-state index contributed by atoms with van der Waals surface area (Å²) in [5.41, 5.74) is 0. The maximum atomic E-state index is 13.5. The lowest BCUT2D eigenvalue weighted by atomic mass is 9.96. The Morgan fingerprint density at radius 2 is 0.667 bits per heavy atom. The number of hydrogen-bond donors (Lipinski definition) is 12. The molecule has 3 aliphatic rings. The van der Waals surface area contributed by atoms with Crippen LogP contribution in [0, 0.1) is 0 Å². The summed E-state index contributed by atoms with van der Waals surface area (Å²) < 4.78 is 34.5. The fourth-order valence-corrected chi connectivity index (χ4v) is 13.7. The molecule has 0 radical (unpaired) electrons. The van der Waals surface area contributed by atoms with Crippen LogP contribution in [0.5, 0.6) is 0 Å². The van der Waals surface area contributed by atoms with Crippen molar-refractivity contribution in [2.75, 3.05) is 26.4 Å². The molecular weight excluding hydrogens is 1330 g/mol. The molecule has 105 heavy (non-hydrogen) atoms. The number of ether oxygens (including phenoxy) is 6. The lowest BCUT2D eigenvalue weighted by Crippen LogP contribution is -2.66. The van der Waals surface area contributed by atoms with E-state index in [4.69, 9.17) is 28.4 Å². The van der Waals surface area contributed by atoms with Crippen LogP contribution >= 0.6 is 0 Å². The topological polar surface area (TPSA) is 307 Å².